The first-order valence-corrected chi connectivity index (χ1v) is 16.5. The van der Waals surface area contributed by atoms with E-state index in [1.165, 1.54) is 12.1 Å². The monoisotopic (exact) mass is 634 g/mol. The van der Waals surface area contributed by atoms with Crippen LogP contribution in [0.5, 0.6) is 5.75 Å². The van der Waals surface area contributed by atoms with Crippen molar-refractivity contribution in [3.8, 4) is 16.9 Å². The maximum Gasteiger partial charge on any atom is 0.246 e. The van der Waals surface area contributed by atoms with E-state index >= 15 is 4.39 Å². The number of halogens is 3. The number of amides is 1. The van der Waals surface area contributed by atoms with Crippen molar-refractivity contribution in [3.05, 3.63) is 65.1 Å². The summed E-state index contributed by atoms with van der Waals surface area (Å²) in [5, 5.41) is 12.0. The van der Waals surface area contributed by atoms with Gasteiger partial charge in [0.1, 0.15) is 29.3 Å². The van der Waals surface area contributed by atoms with E-state index in [-0.39, 0.29) is 36.3 Å². The predicted octanol–water partition coefficient (Wildman–Crippen LogP) is 6.69. The standard InChI is InChI=1S/C35H37ClF2N4O3/c1-2-31(44)42-23-6-7-24(42)18-40(17-23)34-27-9-8-26(28-13-25(43)14-30(36)32(28)20-4-5-20)33(38)29(27)12-22(39-34)19-45-35-10-3-11-41(35)16-21(37)15-35/h2,8-9,12-14,20-21,23-24,43H,1,3-7,10-11,15-19H2. The second-order valence-corrected chi connectivity index (χ2v) is 13.9. The summed E-state index contributed by atoms with van der Waals surface area (Å²) >= 11 is 6.60. The van der Waals surface area contributed by atoms with Gasteiger partial charge in [-0.2, -0.15) is 0 Å². The maximum absolute atomic E-state index is 16.9. The summed E-state index contributed by atoms with van der Waals surface area (Å²) in [7, 11) is 0. The topological polar surface area (TPSA) is 69.1 Å². The van der Waals surface area contributed by atoms with Crippen molar-refractivity contribution in [2.45, 2.75) is 81.5 Å². The molecule has 45 heavy (non-hydrogen) atoms. The number of ether oxygens (including phenoxy) is 1. The first kappa shape index (κ1) is 29.2. The molecule has 3 aromatic rings. The predicted molar refractivity (Wildman–Crippen MR) is 170 cm³/mol. The Balaban J connectivity index is 1.22. The number of nitrogens with zero attached hydrogens (tertiary/aromatic N) is 4. The molecule has 0 radical (unpaired) electrons. The third kappa shape index (κ3) is 4.89. The van der Waals surface area contributed by atoms with Gasteiger partial charge in [-0.15, -0.1) is 0 Å². The SMILES string of the molecule is C=CC(=O)N1C2CCC1CN(c1nc(COC34CCCN3CC(F)C4)cc3c(F)c(-c4cc(O)cc(Cl)c4C4CC4)ccc13)C2. The van der Waals surface area contributed by atoms with Crippen LogP contribution >= 0.6 is 11.6 Å². The van der Waals surface area contributed by atoms with Gasteiger partial charge in [0.25, 0.3) is 0 Å². The zero-order chi connectivity index (χ0) is 31.0. The van der Waals surface area contributed by atoms with E-state index in [1.807, 2.05) is 11.0 Å². The van der Waals surface area contributed by atoms with Crippen LogP contribution in [0.1, 0.15) is 62.1 Å². The van der Waals surface area contributed by atoms with Gasteiger partial charge in [0.05, 0.1) is 12.3 Å². The number of pyridine rings is 1. The molecule has 4 unspecified atom stereocenters. The lowest BCUT2D eigenvalue weighted by molar-refractivity contribution is -0.129. The van der Waals surface area contributed by atoms with Crippen molar-refractivity contribution < 1.29 is 23.4 Å². The number of phenols is 1. The Bertz CT molecular complexity index is 1700. The zero-order valence-corrected chi connectivity index (χ0v) is 25.9. The molecule has 4 atom stereocenters. The highest BCUT2D eigenvalue weighted by Gasteiger charge is 2.50. The van der Waals surface area contributed by atoms with E-state index in [9.17, 15) is 14.3 Å². The first-order chi connectivity index (χ1) is 21.7. The van der Waals surface area contributed by atoms with Crippen molar-refractivity contribution in [2.24, 2.45) is 0 Å². The average molecular weight is 635 g/mol. The normalized spacial score (nSPS) is 27.8. The van der Waals surface area contributed by atoms with Crippen LogP contribution in [0.25, 0.3) is 21.9 Å². The smallest absolute Gasteiger partial charge is 0.246 e. The van der Waals surface area contributed by atoms with Gasteiger partial charge >= 0.3 is 0 Å². The van der Waals surface area contributed by atoms with E-state index in [0.29, 0.717) is 64.5 Å². The number of carbonyl (C=O) groups excluding carboxylic acids is 1. The van der Waals surface area contributed by atoms with E-state index in [0.717, 1.165) is 50.6 Å². The second kappa shape index (κ2) is 10.9. The molecule has 1 saturated carbocycles. The summed E-state index contributed by atoms with van der Waals surface area (Å²) in [6.07, 6.45) is 6.23. The third-order valence-electron chi connectivity index (χ3n) is 10.6. The molecule has 2 aromatic carbocycles. The molecule has 8 rings (SSSR count). The van der Waals surface area contributed by atoms with Crippen molar-refractivity contribution in [2.75, 3.05) is 31.1 Å². The Kier molecular flexibility index (Phi) is 7.07. The summed E-state index contributed by atoms with van der Waals surface area (Å²) in [6, 6.07) is 8.59. The fourth-order valence-electron chi connectivity index (χ4n) is 8.48. The fourth-order valence-corrected chi connectivity index (χ4v) is 8.85. The summed E-state index contributed by atoms with van der Waals surface area (Å²) in [6.45, 7) is 6.17. The van der Waals surface area contributed by atoms with Crippen LogP contribution in [0.15, 0.2) is 43.0 Å². The molecule has 7 nitrogen and oxygen atoms in total. The molecule has 5 heterocycles. The number of aromatic hydroxyl groups is 1. The molecule has 5 aliphatic rings. The Hall–Kier alpha value is -3.27. The molecular weight excluding hydrogens is 598 g/mol. The largest absolute Gasteiger partial charge is 0.508 e. The average Bonchev–Trinajstić information content (AvgIpc) is 3.63. The van der Waals surface area contributed by atoms with Crippen LogP contribution in [0.4, 0.5) is 14.6 Å². The van der Waals surface area contributed by atoms with Gasteiger partial charge in [0.2, 0.25) is 5.91 Å². The minimum absolute atomic E-state index is 0.00562. The van der Waals surface area contributed by atoms with E-state index in [1.54, 1.807) is 18.2 Å². The summed E-state index contributed by atoms with van der Waals surface area (Å²) in [5.74, 6) is 0.427. The molecule has 4 saturated heterocycles. The van der Waals surface area contributed by atoms with Crippen molar-refractivity contribution in [1.82, 2.24) is 14.8 Å². The molecule has 1 aromatic heterocycles. The number of fused-ring (bicyclic) bond motifs is 4. The maximum atomic E-state index is 16.9. The van der Waals surface area contributed by atoms with Crippen LogP contribution in [-0.4, -0.2) is 76.0 Å². The van der Waals surface area contributed by atoms with Gasteiger partial charge in [-0.05, 0) is 85.9 Å². The summed E-state index contributed by atoms with van der Waals surface area (Å²) < 4.78 is 37.8. The quantitative estimate of drug-likeness (QED) is 0.292. The lowest BCUT2D eigenvalue weighted by Crippen LogP contribution is -2.55. The van der Waals surface area contributed by atoms with Gasteiger partial charge in [-0.1, -0.05) is 24.2 Å². The zero-order valence-electron chi connectivity index (χ0n) is 25.2. The molecule has 1 N–H and O–H groups in total. The Morgan fingerprint density at radius 3 is 2.62 bits per heavy atom. The van der Waals surface area contributed by atoms with Crippen molar-refractivity contribution in [1.29, 1.82) is 0 Å². The molecule has 236 valence electrons. The van der Waals surface area contributed by atoms with Crippen LogP contribution < -0.4 is 4.90 Å². The van der Waals surface area contributed by atoms with Gasteiger partial charge < -0.3 is 19.6 Å². The van der Waals surface area contributed by atoms with Gasteiger partial charge in [-0.3, -0.25) is 9.69 Å². The Morgan fingerprint density at radius 2 is 1.89 bits per heavy atom. The Morgan fingerprint density at radius 1 is 1.11 bits per heavy atom. The number of hydrogen-bond donors (Lipinski definition) is 1. The number of hydrogen-bond acceptors (Lipinski definition) is 6. The van der Waals surface area contributed by atoms with Crippen LogP contribution in [0.2, 0.25) is 5.02 Å². The van der Waals surface area contributed by atoms with Crippen molar-refractivity contribution in [3.63, 3.8) is 0 Å². The number of carbonyl (C=O) groups is 1. The van der Waals surface area contributed by atoms with Crippen LogP contribution in [0.3, 0.4) is 0 Å². The summed E-state index contributed by atoms with van der Waals surface area (Å²) in [4.78, 5) is 23.9. The number of rotatable bonds is 7. The van der Waals surface area contributed by atoms with Gasteiger partial charge in [0.15, 0.2) is 0 Å². The molecule has 0 spiro atoms. The first-order valence-electron chi connectivity index (χ1n) is 16.1. The van der Waals surface area contributed by atoms with E-state index in [2.05, 4.69) is 16.4 Å². The highest BCUT2D eigenvalue weighted by molar-refractivity contribution is 6.32. The third-order valence-corrected chi connectivity index (χ3v) is 10.9. The lowest BCUT2D eigenvalue weighted by atomic mass is 9.93. The molecule has 10 heteroatoms. The molecule has 2 bridgehead atoms. The molecule has 4 aliphatic heterocycles. The molecule has 1 amide bonds. The highest BCUT2D eigenvalue weighted by Crippen LogP contribution is 2.50. The number of anilines is 1. The number of benzene rings is 2. The molecule has 5 fully saturated rings. The second-order valence-electron chi connectivity index (χ2n) is 13.4. The lowest BCUT2D eigenvalue weighted by Gasteiger charge is -2.41. The van der Waals surface area contributed by atoms with E-state index in [4.69, 9.17) is 21.3 Å². The fraction of sp³-hybridized carbons (Fsp3) is 0.486. The van der Waals surface area contributed by atoms with Crippen LogP contribution in [0, 0.1) is 5.82 Å². The minimum atomic E-state index is -0.926. The highest BCUT2D eigenvalue weighted by atomic mass is 35.5. The molecule has 1 aliphatic carbocycles. The van der Waals surface area contributed by atoms with E-state index < -0.39 is 17.7 Å². The number of piperazine rings is 1. The Labute approximate surface area is 266 Å². The molecular formula is C35H37ClF2N4O3. The minimum Gasteiger partial charge on any atom is -0.508 e. The number of aromatic nitrogens is 1. The number of phenolic OH excluding ortho intramolecular Hbond substituents is 1. The van der Waals surface area contributed by atoms with Crippen molar-refractivity contribution >= 4 is 34.1 Å². The van der Waals surface area contributed by atoms with Gasteiger partial charge in [-0.25, -0.2) is 13.8 Å². The summed E-state index contributed by atoms with van der Waals surface area (Å²) in [5.41, 5.74) is 1.78. The number of alkyl halides is 1. The van der Waals surface area contributed by atoms with Crippen LogP contribution in [-0.2, 0) is 16.1 Å². The van der Waals surface area contributed by atoms with Gasteiger partial charge in [0, 0.05) is 66.0 Å².